The van der Waals surface area contributed by atoms with Crippen molar-refractivity contribution in [2.75, 3.05) is 26.7 Å². The van der Waals surface area contributed by atoms with Crippen LogP contribution >= 0.6 is 0 Å². The number of hydrogen-bond acceptors (Lipinski definition) is 4. The molecule has 1 atom stereocenters. The largest absolute Gasteiger partial charge is 0.481 e. The van der Waals surface area contributed by atoms with Crippen LogP contribution in [0.5, 0.6) is 5.88 Å². The van der Waals surface area contributed by atoms with Gasteiger partial charge >= 0.3 is 0 Å². The molecule has 0 saturated carbocycles. The lowest BCUT2D eigenvalue weighted by Crippen LogP contribution is -2.40. The van der Waals surface area contributed by atoms with Gasteiger partial charge < -0.3 is 10.1 Å². The molecular formula is C20H24FN3O2. The van der Waals surface area contributed by atoms with Gasteiger partial charge in [0.2, 0.25) is 5.88 Å². The molecule has 1 N–H and O–H groups in total. The molecule has 1 aromatic heterocycles. The van der Waals surface area contributed by atoms with Crippen LogP contribution in [0.2, 0.25) is 0 Å². The molecular weight excluding hydrogens is 333 g/mol. The number of benzene rings is 1. The van der Waals surface area contributed by atoms with Crippen LogP contribution in [0.4, 0.5) is 4.39 Å². The molecule has 1 fully saturated rings. The predicted octanol–water partition coefficient (Wildman–Crippen LogP) is 3.19. The maximum atomic E-state index is 13.3. The summed E-state index contributed by atoms with van der Waals surface area (Å²) in [6.07, 6.45) is 5.03. The number of nitrogens with one attached hydrogen (secondary N) is 1. The number of likely N-dealkylation sites (tertiary alicyclic amines) is 1. The number of amides is 1. The van der Waals surface area contributed by atoms with E-state index in [0.29, 0.717) is 18.0 Å². The fourth-order valence-electron chi connectivity index (χ4n) is 3.30. The average Bonchev–Trinajstić information content (AvgIpc) is 2.70. The minimum atomic E-state index is -0.250. The van der Waals surface area contributed by atoms with Gasteiger partial charge in [0.25, 0.3) is 5.91 Å². The fraction of sp³-hybridized carbons (Fsp3) is 0.400. The van der Waals surface area contributed by atoms with Gasteiger partial charge in [-0.3, -0.25) is 9.69 Å². The Kier molecular flexibility index (Phi) is 6.17. The molecule has 1 saturated heterocycles. The van der Waals surface area contributed by atoms with E-state index in [1.54, 1.807) is 24.3 Å². The van der Waals surface area contributed by atoms with Crippen LogP contribution < -0.4 is 10.1 Å². The highest BCUT2D eigenvalue weighted by Gasteiger charge is 2.23. The minimum absolute atomic E-state index is 0.0334. The van der Waals surface area contributed by atoms with Crippen molar-refractivity contribution in [1.29, 1.82) is 0 Å². The molecule has 138 valence electrons. The number of aromatic nitrogens is 1. The van der Waals surface area contributed by atoms with E-state index >= 15 is 0 Å². The molecule has 5 nitrogen and oxygen atoms in total. The molecule has 0 radical (unpaired) electrons. The zero-order chi connectivity index (χ0) is 18.4. The summed E-state index contributed by atoms with van der Waals surface area (Å²) in [7, 11) is 1.54. The summed E-state index contributed by atoms with van der Waals surface area (Å²) in [5.41, 5.74) is 1.50. The third-order valence-corrected chi connectivity index (χ3v) is 4.75. The number of pyridine rings is 1. The summed E-state index contributed by atoms with van der Waals surface area (Å²) < 4.78 is 18.3. The third-order valence-electron chi connectivity index (χ3n) is 4.75. The van der Waals surface area contributed by atoms with Crippen molar-refractivity contribution in [3.8, 4) is 5.88 Å². The topological polar surface area (TPSA) is 54.5 Å². The monoisotopic (exact) mass is 357 g/mol. The molecule has 1 aliphatic heterocycles. The number of hydrogen-bond donors (Lipinski definition) is 1. The summed E-state index contributed by atoms with van der Waals surface area (Å²) in [6, 6.07) is 9.94. The van der Waals surface area contributed by atoms with Crippen molar-refractivity contribution in [1.82, 2.24) is 15.2 Å². The van der Waals surface area contributed by atoms with Crippen LogP contribution in [0, 0.1) is 5.82 Å². The van der Waals surface area contributed by atoms with Crippen molar-refractivity contribution in [3.63, 3.8) is 0 Å². The normalized spacial score (nSPS) is 16.1. The summed E-state index contributed by atoms with van der Waals surface area (Å²) in [4.78, 5) is 18.9. The number of nitrogens with zero attached hydrogens (tertiary/aromatic N) is 2. The number of ether oxygens (including phenoxy) is 1. The first kappa shape index (κ1) is 18.3. The number of rotatable bonds is 6. The van der Waals surface area contributed by atoms with E-state index in [1.165, 1.54) is 31.9 Å². The van der Waals surface area contributed by atoms with Crippen LogP contribution in [0.15, 0.2) is 42.6 Å². The SMILES string of the molecule is COc1ccc(C(=O)NC[C@H](c2ccc(F)cc2)N2CCCCC2)cn1. The molecule has 0 aliphatic carbocycles. The van der Waals surface area contributed by atoms with E-state index in [1.807, 2.05) is 0 Å². The molecule has 1 amide bonds. The quantitative estimate of drug-likeness (QED) is 0.863. The van der Waals surface area contributed by atoms with Crippen molar-refractivity contribution in [3.05, 3.63) is 59.5 Å². The predicted molar refractivity (Wildman–Crippen MR) is 97.7 cm³/mol. The summed E-state index contributed by atoms with van der Waals surface area (Å²) >= 11 is 0. The van der Waals surface area contributed by atoms with Gasteiger partial charge in [-0.15, -0.1) is 0 Å². The van der Waals surface area contributed by atoms with Crippen molar-refractivity contribution in [2.45, 2.75) is 25.3 Å². The second-order valence-electron chi connectivity index (χ2n) is 6.46. The first-order chi connectivity index (χ1) is 12.7. The Hall–Kier alpha value is -2.47. The van der Waals surface area contributed by atoms with Gasteiger partial charge in [-0.05, 0) is 49.7 Å². The van der Waals surface area contributed by atoms with E-state index < -0.39 is 0 Å². The highest BCUT2D eigenvalue weighted by atomic mass is 19.1. The maximum Gasteiger partial charge on any atom is 0.252 e. The highest BCUT2D eigenvalue weighted by Crippen LogP contribution is 2.24. The van der Waals surface area contributed by atoms with Gasteiger partial charge in [0, 0.05) is 18.8 Å². The number of piperidine rings is 1. The Labute approximate surface area is 153 Å². The number of carbonyl (C=O) groups excluding carboxylic acids is 1. The average molecular weight is 357 g/mol. The van der Waals surface area contributed by atoms with Gasteiger partial charge in [-0.1, -0.05) is 18.6 Å². The lowest BCUT2D eigenvalue weighted by Gasteiger charge is -2.35. The van der Waals surface area contributed by atoms with Crippen LogP contribution in [0.1, 0.15) is 41.2 Å². The van der Waals surface area contributed by atoms with Crippen molar-refractivity contribution in [2.24, 2.45) is 0 Å². The smallest absolute Gasteiger partial charge is 0.252 e. The van der Waals surface area contributed by atoms with Crippen LogP contribution in [0.3, 0.4) is 0 Å². The second-order valence-corrected chi connectivity index (χ2v) is 6.46. The van der Waals surface area contributed by atoms with E-state index in [2.05, 4.69) is 15.2 Å². The second kappa shape index (κ2) is 8.76. The molecule has 0 spiro atoms. The summed E-state index contributed by atoms with van der Waals surface area (Å²) in [5.74, 6) is 0.0443. The molecule has 26 heavy (non-hydrogen) atoms. The van der Waals surface area contributed by atoms with Gasteiger partial charge in [0.15, 0.2) is 0 Å². The standard InChI is InChI=1S/C20H24FN3O2/c1-26-19-10-7-16(13-22-19)20(25)23-14-18(24-11-3-2-4-12-24)15-5-8-17(21)9-6-15/h5-10,13,18H,2-4,11-12,14H2,1H3,(H,23,25)/t18-/m1/s1. The molecule has 1 aromatic carbocycles. The highest BCUT2D eigenvalue weighted by molar-refractivity contribution is 5.93. The van der Waals surface area contributed by atoms with E-state index in [0.717, 1.165) is 31.5 Å². The Morgan fingerprint density at radius 2 is 1.92 bits per heavy atom. The maximum absolute atomic E-state index is 13.3. The van der Waals surface area contributed by atoms with E-state index in [-0.39, 0.29) is 17.8 Å². The molecule has 3 rings (SSSR count). The lowest BCUT2D eigenvalue weighted by atomic mass is 10.0. The Morgan fingerprint density at radius 3 is 2.54 bits per heavy atom. The summed E-state index contributed by atoms with van der Waals surface area (Å²) in [5, 5.41) is 2.99. The molecule has 0 bridgehead atoms. The first-order valence-electron chi connectivity index (χ1n) is 8.95. The molecule has 0 unspecified atom stereocenters. The van der Waals surface area contributed by atoms with Crippen molar-refractivity contribution < 1.29 is 13.9 Å². The zero-order valence-corrected chi connectivity index (χ0v) is 15.0. The molecule has 2 aromatic rings. The Morgan fingerprint density at radius 1 is 1.19 bits per heavy atom. The number of methoxy groups -OCH3 is 1. The molecule has 1 aliphatic rings. The molecule has 2 heterocycles. The lowest BCUT2D eigenvalue weighted by molar-refractivity contribution is 0.0924. The van der Waals surface area contributed by atoms with Gasteiger partial charge in [0.1, 0.15) is 5.82 Å². The van der Waals surface area contributed by atoms with E-state index in [4.69, 9.17) is 4.74 Å². The van der Waals surface area contributed by atoms with E-state index in [9.17, 15) is 9.18 Å². The van der Waals surface area contributed by atoms with Crippen molar-refractivity contribution >= 4 is 5.91 Å². The number of carbonyl (C=O) groups is 1. The minimum Gasteiger partial charge on any atom is -0.481 e. The van der Waals surface area contributed by atoms with Crippen LogP contribution in [0.25, 0.3) is 0 Å². The van der Waals surface area contributed by atoms with Gasteiger partial charge in [-0.25, -0.2) is 9.37 Å². The summed E-state index contributed by atoms with van der Waals surface area (Å²) in [6.45, 7) is 2.44. The van der Waals surface area contributed by atoms with Crippen LogP contribution in [-0.4, -0.2) is 42.5 Å². The molecule has 6 heteroatoms. The Balaban J connectivity index is 1.70. The Bertz CT molecular complexity index is 713. The fourth-order valence-corrected chi connectivity index (χ4v) is 3.30. The van der Waals surface area contributed by atoms with Crippen LogP contribution in [-0.2, 0) is 0 Å². The first-order valence-corrected chi connectivity index (χ1v) is 8.95. The third kappa shape index (κ3) is 4.58. The van der Waals surface area contributed by atoms with Gasteiger partial charge in [-0.2, -0.15) is 0 Å². The number of halogens is 1. The van der Waals surface area contributed by atoms with Gasteiger partial charge in [0.05, 0.1) is 18.7 Å². The zero-order valence-electron chi connectivity index (χ0n) is 15.0.